The van der Waals surface area contributed by atoms with Gasteiger partial charge in [0, 0.05) is 39.2 Å². The second kappa shape index (κ2) is 14.3. The van der Waals surface area contributed by atoms with E-state index >= 15 is 0 Å². The summed E-state index contributed by atoms with van der Waals surface area (Å²) < 4.78 is 13.6. The fourth-order valence-corrected chi connectivity index (χ4v) is 12.6. The largest absolute Gasteiger partial charge is 0.457 e. The van der Waals surface area contributed by atoms with E-state index in [4.69, 9.17) is 9.47 Å². The lowest BCUT2D eigenvalue weighted by Gasteiger charge is -2.40. The summed E-state index contributed by atoms with van der Waals surface area (Å²) in [6.45, 7) is 0. The van der Waals surface area contributed by atoms with Gasteiger partial charge in [-0.25, -0.2) is 0 Å². The Morgan fingerprint density at radius 3 is 1.43 bits per heavy atom. The first-order valence-corrected chi connectivity index (χ1v) is 23.8. The van der Waals surface area contributed by atoms with E-state index in [0.717, 1.165) is 67.7 Å². The minimum absolute atomic E-state index is 0.604. The predicted octanol–water partition coefficient (Wildman–Crippen LogP) is 16.9. The smallest absolute Gasteiger partial charge is 0.132 e. The summed E-state index contributed by atoms with van der Waals surface area (Å²) in [7, 11) is 0. The zero-order valence-electron chi connectivity index (χ0n) is 37.4. The first-order chi connectivity index (χ1) is 34.2. The third-order valence-corrected chi connectivity index (χ3v) is 15.4. The molecule has 1 unspecified atom stereocenters. The molecule has 2 heterocycles. The van der Waals surface area contributed by atoms with Crippen LogP contribution in [0.2, 0.25) is 0 Å². The highest BCUT2D eigenvalue weighted by atomic mass is 16.5. The van der Waals surface area contributed by atoms with Crippen LogP contribution in [0.1, 0.15) is 44.5 Å². The highest BCUT2D eigenvalue weighted by Crippen LogP contribution is 2.66. The first-order valence-electron chi connectivity index (χ1n) is 23.8. The van der Waals surface area contributed by atoms with E-state index in [1.54, 1.807) is 0 Å². The van der Waals surface area contributed by atoms with E-state index in [9.17, 15) is 0 Å². The third-order valence-electron chi connectivity index (χ3n) is 15.4. The van der Waals surface area contributed by atoms with Gasteiger partial charge < -0.3 is 14.4 Å². The summed E-state index contributed by atoms with van der Waals surface area (Å²) in [4.78, 5) is 2.49. The molecule has 0 saturated carbocycles. The zero-order chi connectivity index (χ0) is 45.3. The van der Waals surface area contributed by atoms with Gasteiger partial charge in [-0.05, 0) is 122 Å². The number of hydrogen-bond donors (Lipinski definition) is 0. The monoisotopic (exact) mass is 879 g/mol. The van der Waals surface area contributed by atoms with Crippen molar-refractivity contribution in [2.45, 2.75) is 10.8 Å². The fourth-order valence-electron chi connectivity index (χ4n) is 12.6. The Bertz CT molecular complexity index is 3880. The molecule has 2 aliphatic heterocycles. The SMILES string of the molecule is c1ccc(-c2ccc(N(c3ccc4c(c3)-c3ccccc3C43c4ccccc4Oc4cc5ccccc5cc43)c3cccc4c3-c3ccccc3C43c4ccccc4Oc4ccccc43)cc2)cc1. The van der Waals surface area contributed by atoms with Gasteiger partial charge >= 0.3 is 0 Å². The van der Waals surface area contributed by atoms with E-state index in [1.807, 2.05) is 0 Å². The van der Waals surface area contributed by atoms with Gasteiger partial charge in [0.2, 0.25) is 0 Å². The van der Waals surface area contributed by atoms with Gasteiger partial charge in [0.05, 0.1) is 16.5 Å². The highest BCUT2D eigenvalue weighted by Gasteiger charge is 2.53. The molecule has 0 amide bonds. The van der Waals surface area contributed by atoms with Crippen LogP contribution in [0.25, 0.3) is 44.2 Å². The minimum atomic E-state index is -0.607. The van der Waals surface area contributed by atoms with E-state index in [2.05, 4.69) is 254 Å². The Morgan fingerprint density at radius 2 is 0.754 bits per heavy atom. The number of anilines is 3. The molecule has 69 heavy (non-hydrogen) atoms. The summed E-state index contributed by atoms with van der Waals surface area (Å²) in [5.41, 5.74) is 18.9. The van der Waals surface area contributed by atoms with E-state index in [0.29, 0.717) is 0 Å². The molecule has 0 radical (unpaired) electrons. The van der Waals surface area contributed by atoms with Gasteiger partial charge in [-0.3, -0.25) is 0 Å². The lowest BCUT2D eigenvalue weighted by atomic mass is 9.66. The predicted molar refractivity (Wildman–Crippen MR) is 279 cm³/mol. The van der Waals surface area contributed by atoms with Crippen molar-refractivity contribution in [1.29, 1.82) is 0 Å². The molecule has 2 aliphatic carbocycles. The number of ether oxygens (including phenoxy) is 2. The molecule has 4 aliphatic rings. The quantitative estimate of drug-likeness (QED) is 0.176. The second-order valence-corrected chi connectivity index (χ2v) is 18.7. The normalized spacial score (nSPS) is 15.7. The number of fused-ring (bicyclic) bond motifs is 19. The van der Waals surface area contributed by atoms with Crippen molar-refractivity contribution < 1.29 is 9.47 Å². The number of hydrogen-bond acceptors (Lipinski definition) is 3. The lowest BCUT2D eigenvalue weighted by Crippen LogP contribution is -2.32. The van der Waals surface area contributed by atoms with Gasteiger partial charge in [0.15, 0.2) is 0 Å². The van der Waals surface area contributed by atoms with Crippen LogP contribution in [0.4, 0.5) is 17.1 Å². The first kappa shape index (κ1) is 38.2. The Morgan fingerprint density at radius 1 is 0.275 bits per heavy atom. The molecule has 0 fully saturated rings. The van der Waals surface area contributed by atoms with Crippen LogP contribution in [0.5, 0.6) is 23.0 Å². The Kier molecular flexibility index (Phi) is 7.92. The summed E-state index contributed by atoms with van der Waals surface area (Å²) in [6.07, 6.45) is 0. The van der Waals surface area contributed by atoms with Crippen molar-refractivity contribution in [1.82, 2.24) is 0 Å². The summed E-state index contributed by atoms with van der Waals surface area (Å²) in [5, 5.41) is 2.35. The molecular weight excluding hydrogens is 839 g/mol. The van der Waals surface area contributed by atoms with Crippen molar-refractivity contribution >= 4 is 27.8 Å². The molecular formula is C66H41NO2. The number of nitrogens with zero attached hydrogens (tertiary/aromatic N) is 1. The van der Waals surface area contributed by atoms with E-state index < -0.39 is 10.8 Å². The summed E-state index contributed by atoms with van der Waals surface area (Å²) in [6, 6.07) is 91.0. The van der Waals surface area contributed by atoms with Crippen molar-refractivity contribution in [3.05, 3.63) is 293 Å². The molecule has 2 spiro atoms. The minimum Gasteiger partial charge on any atom is -0.457 e. The van der Waals surface area contributed by atoms with Gasteiger partial charge in [-0.2, -0.15) is 0 Å². The molecule has 0 N–H and O–H groups in total. The van der Waals surface area contributed by atoms with Crippen LogP contribution in [-0.4, -0.2) is 0 Å². The molecule has 11 aromatic carbocycles. The number of benzene rings is 11. The van der Waals surface area contributed by atoms with Gasteiger partial charge in [0.25, 0.3) is 0 Å². The number of rotatable bonds is 4. The highest BCUT2D eigenvalue weighted by molar-refractivity contribution is 6.00. The molecule has 322 valence electrons. The van der Waals surface area contributed by atoms with Crippen molar-refractivity contribution in [2.24, 2.45) is 0 Å². The maximum absolute atomic E-state index is 6.87. The van der Waals surface area contributed by atoms with Crippen molar-refractivity contribution in [3.63, 3.8) is 0 Å². The molecule has 15 rings (SSSR count). The average molecular weight is 880 g/mol. The average Bonchev–Trinajstić information content (AvgIpc) is 3.87. The molecule has 0 aromatic heterocycles. The second-order valence-electron chi connectivity index (χ2n) is 18.7. The van der Waals surface area contributed by atoms with Crippen LogP contribution >= 0.6 is 0 Å². The topological polar surface area (TPSA) is 21.7 Å². The van der Waals surface area contributed by atoms with Gasteiger partial charge in [0.1, 0.15) is 23.0 Å². The number of para-hydroxylation sites is 3. The molecule has 0 saturated heterocycles. The lowest BCUT2D eigenvalue weighted by molar-refractivity contribution is 0.436. The summed E-state index contributed by atoms with van der Waals surface area (Å²) >= 11 is 0. The maximum Gasteiger partial charge on any atom is 0.132 e. The molecule has 11 aromatic rings. The molecule has 3 nitrogen and oxygen atoms in total. The molecule has 0 bridgehead atoms. The standard InChI is InChI=1S/C66H41NO2/c1-2-17-42(18-3-1)43-33-35-46(36-34-43)67(59-29-16-28-57-64(59)49-22-7-9-24-52(49)66(57)55-26-11-13-30-60(55)68-61-31-14-12-27-56(61)66)47-37-38-53-50(41-47)48-21-6-8-23-51(48)65(53)54-25-10-15-32-62(54)69-63-40-45-20-5-4-19-44(45)39-58(63)65/h1-41H. The van der Waals surface area contributed by atoms with Crippen LogP contribution in [-0.2, 0) is 10.8 Å². The third kappa shape index (κ3) is 5.11. The van der Waals surface area contributed by atoms with Gasteiger partial charge in [-0.15, -0.1) is 0 Å². The van der Waals surface area contributed by atoms with Crippen LogP contribution in [0.15, 0.2) is 249 Å². The van der Waals surface area contributed by atoms with Gasteiger partial charge in [-0.1, -0.05) is 188 Å². The maximum atomic E-state index is 6.87. The van der Waals surface area contributed by atoms with Crippen LogP contribution in [0, 0.1) is 0 Å². The van der Waals surface area contributed by atoms with E-state index in [1.165, 1.54) is 61.0 Å². The Hall–Kier alpha value is -8.92. The van der Waals surface area contributed by atoms with Crippen molar-refractivity contribution in [2.75, 3.05) is 4.90 Å². The van der Waals surface area contributed by atoms with Crippen LogP contribution < -0.4 is 14.4 Å². The zero-order valence-corrected chi connectivity index (χ0v) is 37.4. The fraction of sp³-hybridized carbons (Fsp3) is 0.0303. The Balaban J connectivity index is 1.01. The Labute approximate surface area is 400 Å². The summed E-state index contributed by atoms with van der Waals surface area (Å²) in [5.74, 6) is 3.54. The molecule has 3 heteroatoms. The molecule has 1 atom stereocenters. The van der Waals surface area contributed by atoms with Crippen LogP contribution in [0.3, 0.4) is 0 Å². The van der Waals surface area contributed by atoms with E-state index in [-0.39, 0.29) is 0 Å². The van der Waals surface area contributed by atoms with Crippen molar-refractivity contribution in [3.8, 4) is 56.4 Å².